The van der Waals surface area contributed by atoms with Gasteiger partial charge in [0.1, 0.15) is 11.6 Å². The van der Waals surface area contributed by atoms with E-state index in [-0.39, 0.29) is 29.3 Å². The average molecular weight is 366 g/mol. The lowest BCUT2D eigenvalue weighted by Crippen LogP contribution is -2.45. The molecule has 3 nitrogen and oxygen atoms in total. The van der Waals surface area contributed by atoms with E-state index in [9.17, 15) is 4.39 Å². The molecule has 2 aromatic rings. The van der Waals surface area contributed by atoms with Gasteiger partial charge in [0, 0.05) is 31.7 Å². The highest BCUT2D eigenvalue weighted by Crippen LogP contribution is 2.38. The maximum Gasteiger partial charge on any atom is 0.130 e. The largest absolute Gasteiger partial charge is 0.467 e. The highest BCUT2D eigenvalue weighted by molar-refractivity contribution is 6.42. The van der Waals surface area contributed by atoms with Gasteiger partial charge in [-0.15, -0.1) is 12.4 Å². The predicted octanol–water partition coefficient (Wildman–Crippen LogP) is 4.14. The first kappa shape index (κ1) is 17.6. The Morgan fingerprint density at radius 3 is 2.55 bits per heavy atom. The van der Waals surface area contributed by atoms with Crippen LogP contribution in [0, 0.1) is 5.82 Å². The Bertz CT molecular complexity index is 616. The molecule has 2 heterocycles. The van der Waals surface area contributed by atoms with E-state index in [1.54, 1.807) is 12.3 Å². The van der Waals surface area contributed by atoms with Crippen molar-refractivity contribution in [1.82, 2.24) is 10.2 Å². The molecule has 0 radical (unpaired) electrons. The van der Waals surface area contributed by atoms with Crippen LogP contribution in [0.1, 0.15) is 17.4 Å². The molecule has 22 heavy (non-hydrogen) atoms. The number of furan rings is 1. The Balaban J connectivity index is 0.00000176. The molecule has 1 atom stereocenters. The third kappa shape index (κ3) is 3.42. The Kier molecular flexibility index (Phi) is 6.12. The fraction of sp³-hybridized carbons (Fsp3) is 0.333. The lowest BCUT2D eigenvalue weighted by atomic mass is 10.0. The summed E-state index contributed by atoms with van der Waals surface area (Å²) in [5.74, 6) is 0.296. The van der Waals surface area contributed by atoms with Gasteiger partial charge in [-0.1, -0.05) is 23.2 Å². The van der Waals surface area contributed by atoms with Gasteiger partial charge in [-0.25, -0.2) is 4.39 Å². The van der Waals surface area contributed by atoms with Crippen LogP contribution in [0.25, 0.3) is 0 Å². The van der Waals surface area contributed by atoms with E-state index in [1.165, 1.54) is 12.1 Å². The number of halogens is 4. The van der Waals surface area contributed by atoms with Crippen molar-refractivity contribution in [1.29, 1.82) is 0 Å². The van der Waals surface area contributed by atoms with Crippen LogP contribution >= 0.6 is 35.6 Å². The summed E-state index contributed by atoms with van der Waals surface area (Å²) in [5.41, 5.74) is 0.376. The van der Waals surface area contributed by atoms with Crippen molar-refractivity contribution in [3.63, 3.8) is 0 Å². The fourth-order valence-corrected chi connectivity index (χ4v) is 3.11. The summed E-state index contributed by atoms with van der Waals surface area (Å²) in [6.07, 6.45) is 1.58. The molecule has 1 aromatic carbocycles. The summed E-state index contributed by atoms with van der Waals surface area (Å²) in [4.78, 5) is 2.15. The van der Waals surface area contributed by atoms with Gasteiger partial charge in [0.15, 0.2) is 0 Å². The maximum atomic E-state index is 14.4. The van der Waals surface area contributed by atoms with Gasteiger partial charge in [-0.2, -0.15) is 0 Å². The number of benzene rings is 1. The third-order valence-electron chi connectivity index (χ3n) is 3.68. The summed E-state index contributed by atoms with van der Waals surface area (Å²) >= 11 is 12.3. The smallest absolute Gasteiger partial charge is 0.130 e. The van der Waals surface area contributed by atoms with Crippen LogP contribution in [0.3, 0.4) is 0 Å². The highest BCUT2D eigenvalue weighted by atomic mass is 35.5. The Hall–Kier alpha value is -0.780. The molecular weight excluding hydrogens is 350 g/mol. The summed E-state index contributed by atoms with van der Waals surface area (Å²) in [6, 6.07) is 6.08. The lowest BCUT2D eigenvalue weighted by Gasteiger charge is -2.34. The van der Waals surface area contributed by atoms with Gasteiger partial charge in [-0.3, -0.25) is 4.90 Å². The van der Waals surface area contributed by atoms with Crippen LogP contribution in [0.2, 0.25) is 10.0 Å². The topological polar surface area (TPSA) is 28.4 Å². The summed E-state index contributed by atoms with van der Waals surface area (Å²) in [6.45, 7) is 3.26. The fourth-order valence-electron chi connectivity index (χ4n) is 2.69. The van der Waals surface area contributed by atoms with Crippen molar-refractivity contribution in [3.05, 3.63) is 57.7 Å². The van der Waals surface area contributed by atoms with Gasteiger partial charge in [-0.05, 0) is 24.3 Å². The minimum absolute atomic E-state index is 0. The molecule has 1 N–H and O–H groups in total. The molecule has 120 valence electrons. The Morgan fingerprint density at radius 2 is 1.91 bits per heavy atom. The van der Waals surface area contributed by atoms with Crippen LogP contribution in [0.5, 0.6) is 0 Å². The molecule has 0 bridgehead atoms. The average Bonchev–Trinajstić information content (AvgIpc) is 3.02. The zero-order valence-electron chi connectivity index (χ0n) is 11.7. The standard InChI is InChI=1S/C15H15Cl2FN2O.ClH/c16-10-3-4-11(18)13(14(10)17)15(12-2-1-9-21-12)20-7-5-19-6-8-20;/h1-4,9,15,19H,5-8H2;1H/t15-;/m1./s1. The molecule has 0 spiro atoms. The van der Waals surface area contributed by atoms with Crippen LogP contribution in [-0.2, 0) is 0 Å². The minimum Gasteiger partial charge on any atom is -0.467 e. The number of nitrogens with one attached hydrogen (secondary N) is 1. The van der Waals surface area contributed by atoms with E-state index in [4.69, 9.17) is 27.6 Å². The summed E-state index contributed by atoms with van der Waals surface area (Å²) in [7, 11) is 0. The quantitative estimate of drug-likeness (QED) is 0.829. The predicted molar refractivity (Wildman–Crippen MR) is 88.7 cm³/mol. The molecule has 1 fully saturated rings. The zero-order chi connectivity index (χ0) is 14.8. The van der Waals surface area contributed by atoms with Crippen molar-refractivity contribution in [3.8, 4) is 0 Å². The van der Waals surface area contributed by atoms with E-state index in [0.29, 0.717) is 16.3 Å². The molecule has 1 aliphatic heterocycles. The van der Waals surface area contributed by atoms with Gasteiger partial charge in [0.05, 0.1) is 22.4 Å². The van der Waals surface area contributed by atoms with E-state index >= 15 is 0 Å². The van der Waals surface area contributed by atoms with E-state index in [2.05, 4.69) is 10.2 Å². The molecular formula is C15H16Cl3FN2O. The number of hydrogen-bond acceptors (Lipinski definition) is 3. The van der Waals surface area contributed by atoms with Gasteiger partial charge in [0.25, 0.3) is 0 Å². The minimum atomic E-state index is -0.371. The van der Waals surface area contributed by atoms with Crippen molar-refractivity contribution in [2.24, 2.45) is 0 Å². The Morgan fingerprint density at radius 1 is 1.18 bits per heavy atom. The van der Waals surface area contributed by atoms with Crippen LogP contribution in [0.4, 0.5) is 4.39 Å². The first-order valence-corrected chi connectivity index (χ1v) is 7.55. The Labute approximate surface area is 144 Å². The van der Waals surface area contributed by atoms with Crippen molar-refractivity contribution in [2.75, 3.05) is 26.2 Å². The summed E-state index contributed by atoms with van der Waals surface area (Å²) in [5, 5.41) is 3.88. The highest BCUT2D eigenvalue weighted by Gasteiger charge is 2.31. The monoisotopic (exact) mass is 364 g/mol. The molecule has 3 rings (SSSR count). The van der Waals surface area contributed by atoms with E-state index in [1.807, 2.05) is 6.07 Å². The van der Waals surface area contributed by atoms with Crippen molar-refractivity contribution < 1.29 is 8.81 Å². The zero-order valence-corrected chi connectivity index (χ0v) is 14.0. The number of nitrogens with zero attached hydrogens (tertiary/aromatic N) is 1. The number of rotatable bonds is 3. The van der Waals surface area contributed by atoms with Gasteiger partial charge < -0.3 is 9.73 Å². The molecule has 1 saturated heterocycles. The molecule has 0 amide bonds. The van der Waals surface area contributed by atoms with Crippen LogP contribution < -0.4 is 5.32 Å². The van der Waals surface area contributed by atoms with E-state index < -0.39 is 0 Å². The molecule has 0 saturated carbocycles. The molecule has 7 heteroatoms. The van der Waals surface area contributed by atoms with Crippen LogP contribution in [-0.4, -0.2) is 31.1 Å². The third-order valence-corrected chi connectivity index (χ3v) is 4.50. The first-order valence-electron chi connectivity index (χ1n) is 6.80. The molecule has 0 unspecified atom stereocenters. The number of hydrogen-bond donors (Lipinski definition) is 1. The van der Waals surface area contributed by atoms with Gasteiger partial charge in [0.2, 0.25) is 0 Å². The molecule has 0 aliphatic carbocycles. The molecule has 1 aromatic heterocycles. The second-order valence-electron chi connectivity index (χ2n) is 4.96. The van der Waals surface area contributed by atoms with E-state index in [0.717, 1.165) is 26.2 Å². The summed E-state index contributed by atoms with van der Waals surface area (Å²) < 4.78 is 19.9. The van der Waals surface area contributed by atoms with Gasteiger partial charge >= 0.3 is 0 Å². The second kappa shape index (κ2) is 7.66. The van der Waals surface area contributed by atoms with Crippen molar-refractivity contribution in [2.45, 2.75) is 6.04 Å². The lowest BCUT2D eigenvalue weighted by molar-refractivity contribution is 0.177. The SMILES string of the molecule is Cl.Fc1ccc(Cl)c(Cl)c1[C@@H](c1ccco1)N1CCNCC1. The van der Waals surface area contributed by atoms with Crippen molar-refractivity contribution >= 4 is 35.6 Å². The first-order chi connectivity index (χ1) is 10.2. The molecule has 1 aliphatic rings. The second-order valence-corrected chi connectivity index (χ2v) is 5.75. The van der Waals surface area contributed by atoms with Crippen LogP contribution in [0.15, 0.2) is 34.9 Å². The number of piperazine rings is 1. The maximum absolute atomic E-state index is 14.4. The normalized spacial score (nSPS) is 17.0.